The number of ether oxygens (including phenoxy) is 4. The van der Waals surface area contributed by atoms with Crippen LogP contribution >= 0.6 is 0 Å². The van der Waals surface area contributed by atoms with E-state index < -0.39 is 47.4 Å². The Hall–Kier alpha value is -3.13. The number of hydrogen-bond acceptors (Lipinski definition) is 10. The first kappa shape index (κ1) is 37.3. The summed E-state index contributed by atoms with van der Waals surface area (Å²) in [7, 11) is 0. The van der Waals surface area contributed by atoms with Crippen LogP contribution in [-0.4, -0.2) is 83.3 Å². The number of esters is 2. The third-order valence-electron chi connectivity index (χ3n) is 8.88. The molecule has 13 heteroatoms. The summed E-state index contributed by atoms with van der Waals surface area (Å²) in [6.45, 7) is 10.7. The number of aliphatic hydroxyl groups excluding tert-OH is 1. The molecule has 1 saturated carbocycles. The molecule has 1 aromatic rings. The van der Waals surface area contributed by atoms with Crippen molar-refractivity contribution in [1.82, 2.24) is 10.3 Å². The molecule has 0 bridgehead atoms. The monoisotopic (exact) mass is 647 g/mol. The second-order valence-electron chi connectivity index (χ2n) is 13.3. The number of carbonyl (C=O) groups excluding carboxylic acids is 3. The molecule has 0 unspecified atom stereocenters. The van der Waals surface area contributed by atoms with Crippen molar-refractivity contribution < 1.29 is 38.4 Å². The quantitative estimate of drug-likeness (QED) is 0.0819. The van der Waals surface area contributed by atoms with Crippen molar-refractivity contribution in [3.63, 3.8) is 0 Å². The van der Waals surface area contributed by atoms with E-state index in [1.54, 1.807) is 46.8 Å². The van der Waals surface area contributed by atoms with Crippen LogP contribution in [0.25, 0.3) is 0 Å². The fourth-order valence-electron chi connectivity index (χ4n) is 5.66. The van der Waals surface area contributed by atoms with Gasteiger partial charge in [0.2, 0.25) is 0 Å². The van der Waals surface area contributed by atoms with Gasteiger partial charge in [-0.1, -0.05) is 46.5 Å². The molecule has 2 aliphatic rings. The zero-order valence-electron chi connectivity index (χ0n) is 28.1. The Labute approximate surface area is 271 Å². The number of H-pyrrole nitrogens is 1. The van der Waals surface area contributed by atoms with Crippen molar-refractivity contribution in [2.24, 2.45) is 22.6 Å². The number of nitrogens with two attached hydrogens (primary N) is 1. The van der Waals surface area contributed by atoms with Gasteiger partial charge in [0.25, 0.3) is 5.91 Å². The van der Waals surface area contributed by atoms with Crippen LogP contribution in [0.5, 0.6) is 0 Å². The molecular weight excluding hydrogens is 594 g/mol. The van der Waals surface area contributed by atoms with E-state index in [0.29, 0.717) is 24.4 Å². The molecule has 0 aromatic carbocycles. The Morgan fingerprint density at radius 2 is 1.96 bits per heavy atom. The van der Waals surface area contributed by atoms with Crippen LogP contribution in [0.2, 0.25) is 0 Å². The van der Waals surface area contributed by atoms with E-state index in [1.165, 1.54) is 6.42 Å². The average molecular weight is 648 g/mol. The normalized spacial score (nSPS) is 24.9. The van der Waals surface area contributed by atoms with Gasteiger partial charge in [-0.05, 0) is 64.0 Å². The topological polar surface area (TPSA) is 198 Å². The van der Waals surface area contributed by atoms with Crippen molar-refractivity contribution in [1.29, 1.82) is 5.41 Å². The second kappa shape index (κ2) is 16.6. The smallest absolute Gasteiger partial charge is 0.323 e. The predicted octanol–water partition coefficient (Wildman–Crippen LogP) is 3.46. The summed E-state index contributed by atoms with van der Waals surface area (Å²) in [5, 5.41) is 21.8. The molecule has 5 atom stereocenters. The van der Waals surface area contributed by atoms with Gasteiger partial charge in [0.1, 0.15) is 42.4 Å². The number of nitrogens with one attached hydrogen (secondary N) is 3. The second-order valence-corrected chi connectivity index (χ2v) is 13.3. The number of aromatic amines is 1. The molecule has 46 heavy (non-hydrogen) atoms. The molecule has 1 aliphatic heterocycles. The molecule has 1 saturated heterocycles. The summed E-state index contributed by atoms with van der Waals surface area (Å²) < 4.78 is 23.4. The van der Waals surface area contributed by atoms with E-state index in [-0.39, 0.29) is 30.2 Å². The highest BCUT2D eigenvalue weighted by Crippen LogP contribution is 2.41. The molecule has 1 amide bonds. The van der Waals surface area contributed by atoms with E-state index >= 15 is 0 Å². The van der Waals surface area contributed by atoms with Gasteiger partial charge in [-0.3, -0.25) is 19.8 Å². The molecular formula is C33H53N5O8. The van der Waals surface area contributed by atoms with E-state index in [2.05, 4.69) is 15.3 Å². The first-order valence-corrected chi connectivity index (χ1v) is 16.4. The highest BCUT2D eigenvalue weighted by Gasteiger charge is 2.56. The maximum Gasteiger partial charge on any atom is 0.323 e. The molecule has 0 spiro atoms. The zero-order chi connectivity index (χ0) is 34.1. The third-order valence-corrected chi connectivity index (χ3v) is 8.88. The molecule has 258 valence electrons. The van der Waals surface area contributed by atoms with Crippen LogP contribution in [0.15, 0.2) is 17.1 Å². The lowest BCUT2D eigenvalue weighted by molar-refractivity contribution is -0.162. The number of carbonyl (C=O) groups is 3. The average Bonchev–Trinajstić information content (AvgIpc) is 3.60. The number of rotatable bonds is 15. The molecule has 6 N–H and O–H groups in total. The lowest BCUT2D eigenvalue weighted by Crippen LogP contribution is -2.47. The molecule has 2 heterocycles. The van der Waals surface area contributed by atoms with Crippen LogP contribution in [0.1, 0.15) is 104 Å². The summed E-state index contributed by atoms with van der Waals surface area (Å²) in [5.41, 5.74) is 4.16. The van der Waals surface area contributed by atoms with Crippen LogP contribution in [0.4, 0.5) is 0 Å². The Kier molecular flexibility index (Phi) is 13.5. The predicted molar refractivity (Wildman–Crippen MR) is 172 cm³/mol. The fourth-order valence-corrected chi connectivity index (χ4v) is 5.66. The lowest BCUT2D eigenvalue weighted by Gasteiger charge is -2.28. The van der Waals surface area contributed by atoms with Gasteiger partial charge in [-0.2, -0.15) is 0 Å². The molecule has 2 fully saturated rings. The number of hydrogen-bond donors (Lipinski definition) is 5. The number of aromatic nitrogens is 1. The Balaban J connectivity index is 1.81. The van der Waals surface area contributed by atoms with Crippen LogP contribution in [0, 0.1) is 17.2 Å². The minimum absolute atomic E-state index is 0.0635. The lowest BCUT2D eigenvalue weighted by atomic mass is 9.87. The summed E-state index contributed by atoms with van der Waals surface area (Å²) >= 11 is 0. The largest absolute Gasteiger partial charge is 0.463 e. The van der Waals surface area contributed by atoms with Gasteiger partial charge in [-0.15, -0.1) is 0 Å². The summed E-state index contributed by atoms with van der Waals surface area (Å²) in [6.07, 6.45) is 4.62. The molecule has 13 nitrogen and oxygen atoms in total. The Bertz CT molecular complexity index is 1220. The number of aliphatic imine (C=N–C) groups is 1. The van der Waals surface area contributed by atoms with Crippen LogP contribution in [0.3, 0.4) is 0 Å². The first-order valence-electron chi connectivity index (χ1n) is 16.4. The van der Waals surface area contributed by atoms with E-state index in [4.69, 9.17) is 30.1 Å². The van der Waals surface area contributed by atoms with Crippen LogP contribution < -0.4 is 11.1 Å². The van der Waals surface area contributed by atoms with Gasteiger partial charge in [0.05, 0.1) is 11.4 Å². The van der Waals surface area contributed by atoms with Crippen molar-refractivity contribution in [2.45, 2.75) is 128 Å². The minimum Gasteiger partial charge on any atom is -0.463 e. The number of unbranched alkanes of at least 4 members (excludes halogenated alkanes) is 1. The van der Waals surface area contributed by atoms with Gasteiger partial charge in [-0.25, -0.2) is 4.99 Å². The van der Waals surface area contributed by atoms with Gasteiger partial charge in [0, 0.05) is 13.0 Å². The highest BCUT2D eigenvalue weighted by atomic mass is 16.6. The van der Waals surface area contributed by atoms with Gasteiger partial charge in [0.15, 0.2) is 11.9 Å². The summed E-state index contributed by atoms with van der Waals surface area (Å²) in [4.78, 5) is 45.8. The number of amides is 1. The molecule has 3 rings (SSSR count). The third kappa shape index (κ3) is 9.46. The van der Waals surface area contributed by atoms with Crippen molar-refractivity contribution in [3.8, 4) is 0 Å². The van der Waals surface area contributed by atoms with Crippen LogP contribution in [-0.2, 0) is 38.9 Å². The molecule has 1 aromatic heterocycles. The van der Waals surface area contributed by atoms with E-state index in [9.17, 15) is 19.5 Å². The fraction of sp³-hybridized carbons (Fsp3) is 0.727. The van der Waals surface area contributed by atoms with Gasteiger partial charge < -0.3 is 40.1 Å². The molecule has 1 aliphatic carbocycles. The zero-order valence-corrected chi connectivity index (χ0v) is 28.1. The van der Waals surface area contributed by atoms with Crippen molar-refractivity contribution >= 4 is 30.0 Å². The summed E-state index contributed by atoms with van der Waals surface area (Å²) in [5.74, 6) is -1.39. The van der Waals surface area contributed by atoms with Crippen molar-refractivity contribution in [3.05, 3.63) is 23.5 Å². The van der Waals surface area contributed by atoms with Gasteiger partial charge >= 0.3 is 11.9 Å². The highest BCUT2D eigenvalue weighted by molar-refractivity contribution is 6.10. The van der Waals surface area contributed by atoms with Crippen molar-refractivity contribution in [2.75, 3.05) is 13.2 Å². The number of aliphatic hydroxyl groups is 1. The van der Waals surface area contributed by atoms with E-state index in [1.807, 2.05) is 6.92 Å². The number of nitrogens with zero attached hydrogens (tertiary/aromatic N) is 1. The maximum absolute atomic E-state index is 13.1. The van der Waals surface area contributed by atoms with E-state index in [0.717, 1.165) is 44.9 Å². The Morgan fingerprint density at radius 1 is 1.26 bits per heavy atom. The maximum atomic E-state index is 13.1. The SMILES string of the molecule is CCCCOC(C)(C)C(=O)N/C(=N/C=N)c1ccc([C@]2(C)O[C@H](COC(=O)CC3CCCCC3)[C@@H](OC(=O)[C@H](N)C(C)C)[C@H]2O)[nH]1. The first-order chi connectivity index (χ1) is 21.7. The number of amidine groups is 1. The Morgan fingerprint density at radius 3 is 2.59 bits per heavy atom. The minimum atomic E-state index is -1.45. The standard InChI is InChI=1S/C33H53N5O8/c1-7-8-16-44-32(4,5)31(42)38-29(36-19-34)22-14-15-24(37-22)33(6)28(40)27(45-30(41)26(35)20(2)3)23(46-33)18-43-25(39)17-21-12-10-9-11-13-21/h14-15,19-21,23,26-28,37,40H,7-13,16-18,35H2,1-6H3,(H2,34,36,38,42)/t23-,26-,27-,28-,33+/m1/s1. The molecule has 0 radical (unpaired) electrons. The summed E-state index contributed by atoms with van der Waals surface area (Å²) in [6, 6.07) is 2.34.